The van der Waals surface area contributed by atoms with Gasteiger partial charge in [0.25, 0.3) is 10.0 Å². The summed E-state index contributed by atoms with van der Waals surface area (Å²) in [6, 6.07) is 3.25. The maximum absolute atomic E-state index is 12.5. The van der Waals surface area contributed by atoms with E-state index in [1.165, 1.54) is 16.4 Å². The fourth-order valence-electron chi connectivity index (χ4n) is 1.76. The van der Waals surface area contributed by atoms with Crippen molar-refractivity contribution in [3.8, 4) is 0 Å². The number of benzene rings is 1. The van der Waals surface area contributed by atoms with Crippen LogP contribution < -0.4 is 0 Å². The molecule has 6 heteroatoms. The largest absolute Gasteiger partial charge is 0.269 e. The van der Waals surface area contributed by atoms with Crippen LogP contribution in [-0.4, -0.2) is 17.4 Å². The lowest BCUT2D eigenvalue weighted by molar-refractivity contribution is 0.585. The molecule has 1 aromatic carbocycles. The molecule has 0 aliphatic rings. The molecule has 18 heavy (non-hydrogen) atoms. The second kappa shape index (κ2) is 4.40. The highest BCUT2D eigenvalue weighted by Crippen LogP contribution is 2.25. The van der Waals surface area contributed by atoms with Gasteiger partial charge in [-0.3, -0.25) is 0 Å². The van der Waals surface area contributed by atoms with Crippen molar-refractivity contribution in [3.63, 3.8) is 0 Å². The SMILES string of the molecule is Cc1cc(S(=O)(=O)n2ccnc2C)c(C)cc1Cl. The first-order valence-electron chi connectivity index (χ1n) is 5.36. The van der Waals surface area contributed by atoms with Gasteiger partial charge in [-0.2, -0.15) is 0 Å². The van der Waals surface area contributed by atoms with Crippen molar-refractivity contribution in [2.24, 2.45) is 0 Å². The molecule has 0 aliphatic carbocycles. The number of hydrogen-bond acceptors (Lipinski definition) is 3. The lowest BCUT2D eigenvalue weighted by atomic mass is 10.2. The summed E-state index contributed by atoms with van der Waals surface area (Å²) in [5, 5.41) is 0.564. The van der Waals surface area contributed by atoms with E-state index >= 15 is 0 Å². The molecule has 1 aromatic heterocycles. The Bertz CT molecular complexity index is 705. The first kappa shape index (κ1) is 13.1. The average Bonchev–Trinajstić information content (AvgIpc) is 2.70. The van der Waals surface area contributed by atoms with Crippen LogP contribution in [0.4, 0.5) is 0 Å². The molecule has 1 heterocycles. The molecular weight excluding hydrogens is 272 g/mol. The lowest BCUT2D eigenvalue weighted by Crippen LogP contribution is -2.15. The highest BCUT2D eigenvalue weighted by atomic mass is 35.5. The van der Waals surface area contributed by atoms with Gasteiger partial charge in [-0.05, 0) is 44.0 Å². The van der Waals surface area contributed by atoms with E-state index in [-0.39, 0.29) is 4.90 Å². The van der Waals surface area contributed by atoms with Gasteiger partial charge in [-0.1, -0.05) is 11.6 Å². The number of nitrogens with zero attached hydrogens (tertiary/aromatic N) is 2. The van der Waals surface area contributed by atoms with Crippen LogP contribution in [0, 0.1) is 20.8 Å². The molecule has 0 radical (unpaired) electrons. The average molecular weight is 285 g/mol. The third-order valence-electron chi connectivity index (χ3n) is 2.78. The van der Waals surface area contributed by atoms with Crippen molar-refractivity contribution < 1.29 is 8.42 Å². The second-order valence-corrected chi connectivity index (χ2v) is 6.33. The van der Waals surface area contributed by atoms with Crippen molar-refractivity contribution in [1.82, 2.24) is 8.96 Å². The number of aromatic nitrogens is 2. The predicted octanol–water partition coefficient (Wildman–Crippen LogP) is 2.70. The molecule has 0 N–H and O–H groups in total. The minimum atomic E-state index is -3.60. The quantitative estimate of drug-likeness (QED) is 0.852. The normalized spacial score (nSPS) is 11.8. The molecule has 2 rings (SSSR count). The smallest absolute Gasteiger partial charge is 0.241 e. The Morgan fingerprint density at radius 2 is 1.83 bits per heavy atom. The Labute approximate surface area is 111 Å². The zero-order valence-electron chi connectivity index (χ0n) is 10.3. The van der Waals surface area contributed by atoms with E-state index in [9.17, 15) is 8.42 Å². The van der Waals surface area contributed by atoms with Crippen molar-refractivity contribution in [2.75, 3.05) is 0 Å². The first-order valence-corrected chi connectivity index (χ1v) is 7.18. The predicted molar refractivity (Wildman–Crippen MR) is 70.5 cm³/mol. The molecule has 4 nitrogen and oxygen atoms in total. The number of rotatable bonds is 2. The van der Waals surface area contributed by atoms with E-state index in [0.29, 0.717) is 16.4 Å². The highest BCUT2D eigenvalue weighted by Gasteiger charge is 2.21. The topological polar surface area (TPSA) is 52.0 Å². The van der Waals surface area contributed by atoms with Crippen LogP contribution in [0.2, 0.25) is 5.02 Å². The third-order valence-corrected chi connectivity index (χ3v) is 5.08. The lowest BCUT2D eigenvalue weighted by Gasteiger charge is -2.11. The standard InChI is InChI=1S/C12H13ClN2O2S/c1-8-7-12(9(2)6-11(8)13)18(16,17)15-5-4-14-10(15)3/h4-7H,1-3H3. The summed E-state index contributed by atoms with van der Waals surface area (Å²) in [5.41, 5.74) is 1.36. The van der Waals surface area contributed by atoms with Gasteiger partial charge in [0.05, 0.1) is 4.90 Å². The molecule has 0 saturated carbocycles. The maximum atomic E-state index is 12.5. The van der Waals surface area contributed by atoms with Crippen LogP contribution in [0.15, 0.2) is 29.4 Å². The summed E-state index contributed by atoms with van der Waals surface area (Å²) in [7, 11) is -3.60. The summed E-state index contributed by atoms with van der Waals surface area (Å²) < 4.78 is 26.1. The molecule has 0 fully saturated rings. The maximum Gasteiger partial charge on any atom is 0.269 e. The van der Waals surface area contributed by atoms with Crippen molar-refractivity contribution in [2.45, 2.75) is 25.7 Å². The first-order chi connectivity index (χ1) is 8.34. The monoisotopic (exact) mass is 284 g/mol. The van der Waals surface area contributed by atoms with E-state index in [2.05, 4.69) is 4.98 Å². The minimum Gasteiger partial charge on any atom is -0.241 e. The van der Waals surface area contributed by atoms with E-state index in [1.54, 1.807) is 32.9 Å². The van der Waals surface area contributed by atoms with Gasteiger partial charge in [0.1, 0.15) is 5.82 Å². The summed E-state index contributed by atoms with van der Waals surface area (Å²) >= 11 is 5.98. The van der Waals surface area contributed by atoms with Crippen LogP contribution in [0.3, 0.4) is 0 Å². The second-order valence-electron chi connectivity index (χ2n) is 4.14. The van der Waals surface area contributed by atoms with Crippen molar-refractivity contribution in [3.05, 3.63) is 46.5 Å². The van der Waals surface area contributed by atoms with Crippen LogP contribution in [0.1, 0.15) is 17.0 Å². The van der Waals surface area contributed by atoms with Crippen molar-refractivity contribution in [1.29, 1.82) is 0 Å². The van der Waals surface area contributed by atoms with E-state index in [0.717, 1.165) is 5.56 Å². The van der Waals surface area contributed by atoms with Crippen LogP contribution >= 0.6 is 11.6 Å². The molecule has 0 aliphatic heterocycles. The van der Waals surface area contributed by atoms with E-state index < -0.39 is 10.0 Å². The molecule has 2 aromatic rings. The van der Waals surface area contributed by atoms with E-state index in [1.807, 2.05) is 0 Å². The Kier molecular flexibility index (Phi) is 3.21. The van der Waals surface area contributed by atoms with Gasteiger partial charge in [0.15, 0.2) is 0 Å². The molecule has 0 saturated heterocycles. The van der Waals surface area contributed by atoms with Gasteiger partial charge in [-0.25, -0.2) is 17.4 Å². The van der Waals surface area contributed by atoms with Crippen LogP contribution in [0.5, 0.6) is 0 Å². The minimum absolute atomic E-state index is 0.255. The molecule has 0 amide bonds. The number of aryl methyl sites for hydroxylation is 3. The van der Waals surface area contributed by atoms with E-state index in [4.69, 9.17) is 11.6 Å². The van der Waals surface area contributed by atoms with Gasteiger partial charge in [0, 0.05) is 17.4 Å². The number of imidazole rings is 1. The Morgan fingerprint density at radius 1 is 1.17 bits per heavy atom. The Morgan fingerprint density at radius 3 is 2.39 bits per heavy atom. The van der Waals surface area contributed by atoms with Crippen LogP contribution in [-0.2, 0) is 10.0 Å². The van der Waals surface area contributed by atoms with Gasteiger partial charge in [0.2, 0.25) is 0 Å². The summed E-state index contributed by atoms with van der Waals surface area (Å²) in [6.07, 6.45) is 2.90. The number of hydrogen-bond donors (Lipinski definition) is 0. The Balaban J connectivity index is 2.70. The van der Waals surface area contributed by atoms with Gasteiger partial charge >= 0.3 is 0 Å². The third kappa shape index (κ3) is 2.04. The number of halogens is 1. The van der Waals surface area contributed by atoms with Crippen LogP contribution in [0.25, 0.3) is 0 Å². The zero-order chi connectivity index (χ0) is 13.5. The molecule has 0 spiro atoms. The summed E-state index contributed by atoms with van der Waals surface area (Å²) in [4.78, 5) is 4.19. The molecule has 96 valence electrons. The molecule has 0 bridgehead atoms. The van der Waals surface area contributed by atoms with Gasteiger partial charge in [-0.15, -0.1) is 0 Å². The summed E-state index contributed by atoms with van der Waals surface area (Å²) in [6.45, 7) is 5.15. The van der Waals surface area contributed by atoms with Gasteiger partial charge < -0.3 is 0 Å². The molecular formula is C12H13ClN2O2S. The molecule has 0 unspecified atom stereocenters. The van der Waals surface area contributed by atoms with Crippen molar-refractivity contribution >= 4 is 21.6 Å². The fraction of sp³-hybridized carbons (Fsp3) is 0.250. The zero-order valence-corrected chi connectivity index (χ0v) is 11.9. The summed E-state index contributed by atoms with van der Waals surface area (Å²) in [5.74, 6) is 0.432. The Hall–Kier alpha value is -1.33. The fourth-order valence-corrected chi connectivity index (χ4v) is 3.59. The highest BCUT2D eigenvalue weighted by molar-refractivity contribution is 7.90. The molecule has 0 atom stereocenters.